The fourth-order valence-corrected chi connectivity index (χ4v) is 2.03. The smallest absolute Gasteiger partial charge is 0.326 e. The van der Waals surface area contributed by atoms with E-state index < -0.39 is 22.3 Å². The van der Waals surface area contributed by atoms with Crippen LogP contribution in [0.3, 0.4) is 0 Å². The molecule has 0 amide bonds. The van der Waals surface area contributed by atoms with Crippen LogP contribution in [0, 0.1) is 0 Å². The van der Waals surface area contributed by atoms with Crippen LogP contribution in [0.2, 0.25) is 0 Å². The second-order valence-electron chi connectivity index (χ2n) is 3.33. The number of aliphatic carboxylic acids is 1. The summed E-state index contributed by atoms with van der Waals surface area (Å²) in [6.45, 7) is 0.417. The molecule has 17 heavy (non-hydrogen) atoms. The summed E-state index contributed by atoms with van der Waals surface area (Å²) in [6, 6.07) is 11.0. The van der Waals surface area contributed by atoms with Crippen molar-refractivity contribution in [2.24, 2.45) is 0 Å². The molecular weight excluding hydrogens is 242 g/mol. The van der Waals surface area contributed by atoms with Crippen LogP contribution in [0.25, 0.3) is 0 Å². The summed E-state index contributed by atoms with van der Waals surface area (Å²) < 4.78 is 20.8. The summed E-state index contributed by atoms with van der Waals surface area (Å²) in [5.41, 5.74) is 0. The molecule has 0 aliphatic carbocycles. The molecule has 0 saturated carbocycles. The van der Waals surface area contributed by atoms with Gasteiger partial charge in [0.05, 0.1) is 4.86 Å². The zero-order chi connectivity index (χ0) is 12.7. The Hall–Kier alpha value is -1.66. The van der Waals surface area contributed by atoms with E-state index in [1.165, 1.54) is 0 Å². The molecule has 1 heterocycles. The second-order valence-corrected chi connectivity index (χ2v) is 4.32. The maximum Gasteiger partial charge on any atom is 0.326 e. The van der Waals surface area contributed by atoms with E-state index in [-0.39, 0.29) is 4.86 Å². The van der Waals surface area contributed by atoms with E-state index in [4.69, 9.17) is 5.11 Å². The molecule has 1 aliphatic heterocycles. The average Bonchev–Trinajstić information content (AvgIpc) is 2.81. The first kappa shape index (κ1) is 13.4. The van der Waals surface area contributed by atoms with Crippen molar-refractivity contribution in [1.82, 2.24) is 5.32 Å². The van der Waals surface area contributed by atoms with E-state index in [1.54, 1.807) is 0 Å². The molecule has 1 aromatic rings. The zero-order valence-electron chi connectivity index (χ0n) is 9.04. The normalized spacial score (nSPS) is 18.1. The average molecular weight is 255 g/mol. The number of hydrogen-bond donors (Lipinski definition) is 2. The first-order chi connectivity index (χ1) is 8.13. The van der Waals surface area contributed by atoms with Gasteiger partial charge in [0.2, 0.25) is 10.3 Å². The van der Waals surface area contributed by atoms with Gasteiger partial charge in [-0.2, -0.15) is 8.42 Å². The van der Waals surface area contributed by atoms with Gasteiger partial charge < -0.3 is 5.11 Å². The lowest BCUT2D eigenvalue weighted by Crippen LogP contribution is -2.35. The topological polar surface area (TPSA) is 83.5 Å². The Morgan fingerprint density at radius 3 is 1.94 bits per heavy atom. The van der Waals surface area contributed by atoms with Crippen molar-refractivity contribution in [3.05, 3.63) is 36.4 Å². The molecule has 2 rings (SSSR count). The minimum absolute atomic E-state index is 0.0394. The molecule has 1 saturated heterocycles. The van der Waals surface area contributed by atoms with Gasteiger partial charge in [-0.3, -0.25) is 10.1 Å². The molecule has 6 heteroatoms. The van der Waals surface area contributed by atoms with Crippen LogP contribution in [-0.2, 0) is 15.1 Å². The summed E-state index contributed by atoms with van der Waals surface area (Å²) in [7, 11) is -2.37. The molecule has 2 N–H and O–H groups in total. The Morgan fingerprint density at radius 1 is 1.18 bits per heavy atom. The molecule has 0 radical (unpaired) electrons. The van der Waals surface area contributed by atoms with E-state index in [0.717, 1.165) is 0 Å². The Kier molecular flexibility index (Phi) is 5.38. The number of hydrogen-bond acceptors (Lipinski definition) is 4. The molecule has 92 valence electrons. The number of carbonyl (C=O) groups is 1. The second kappa shape index (κ2) is 6.82. The van der Waals surface area contributed by atoms with Crippen LogP contribution in [0.15, 0.2) is 36.4 Å². The molecular formula is C11H13NO4S. The third-order valence-corrected chi connectivity index (χ3v) is 3.04. The van der Waals surface area contributed by atoms with Crippen LogP contribution < -0.4 is 5.32 Å². The van der Waals surface area contributed by atoms with Crippen LogP contribution in [-0.4, -0.2) is 36.9 Å². The van der Waals surface area contributed by atoms with Crippen molar-refractivity contribution in [3.63, 3.8) is 0 Å². The molecule has 5 nitrogen and oxygen atoms in total. The lowest BCUT2D eigenvalue weighted by molar-refractivity contribution is -0.137. The predicted octanol–water partition coefficient (Wildman–Crippen LogP) is 0.171. The van der Waals surface area contributed by atoms with Crippen molar-refractivity contribution in [3.8, 4) is 0 Å². The first-order valence-corrected chi connectivity index (χ1v) is 6.11. The SMILES string of the molecule is O=C(O)[C@H]1NCCC1=S(=O)=O.c1ccccc1. The predicted molar refractivity (Wildman–Crippen MR) is 64.4 cm³/mol. The highest BCUT2D eigenvalue weighted by atomic mass is 32.2. The van der Waals surface area contributed by atoms with Gasteiger partial charge in [0.1, 0.15) is 6.04 Å². The molecule has 1 aromatic carbocycles. The van der Waals surface area contributed by atoms with Crippen molar-refractivity contribution in [2.45, 2.75) is 12.5 Å². The van der Waals surface area contributed by atoms with Gasteiger partial charge >= 0.3 is 5.97 Å². The lowest BCUT2D eigenvalue weighted by Gasteiger charge is -2.00. The Labute approximate surface area is 101 Å². The fourth-order valence-electron chi connectivity index (χ4n) is 1.39. The van der Waals surface area contributed by atoms with Crippen molar-refractivity contribution >= 4 is 21.1 Å². The first-order valence-electron chi connectivity index (χ1n) is 5.04. The number of nitrogens with one attached hydrogen (secondary N) is 1. The highest BCUT2D eigenvalue weighted by Gasteiger charge is 2.29. The van der Waals surface area contributed by atoms with Crippen LogP contribution in [0.5, 0.6) is 0 Å². The van der Waals surface area contributed by atoms with E-state index in [0.29, 0.717) is 13.0 Å². The van der Waals surface area contributed by atoms with Gasteiger partial charge in [-0.1, -0.05) is 36.4 Å². The van der Waals surface area contributed by atoms with Crippen molar-refractivity contribution in [2.75, 3.05) is 6.54 Å². The maximum atomic E-state index is 10.4. The number of rotatable bonds is 1. The van der Waals surface area contributed by atoms with Gasteiger partial charge in [0.15, 0.2) is 0 Å². The summed E-state index contributed by atoms with van der Waals surface area (Å²) in [4.78, 5) is 10.4. The quantitative estimate of drug-likeness (QED) is 0.699. The standard InChI is InChI=1S/C6H6.C5H7NO4S/c1-2-4-6-5-3-1;7-5(8)4-3(11(9)10)1-2-6-4/h1-6H;4,6H,1-2H2,(H,7,8)/t;4-/m.0/s1. The molecule has 1 atom stereocenters. The molecule has 0 spiro atoms. The van der Waals surface area contributed by atoms with Gasteiger partial charge in [0.25, 0.3) is 0 Å². The van der Waals surface area contributed by atoms with E-state index >= 15 is 0 Å². The summed E-state index contributed by atoms with van der Waals surface area (Å²) in [5, 5.41) is 11.0. The molecule has 0 aromatic heterocycles. The summed E-state index contributed by atoms with van der Waals surface area (Å²) in [6.07, 6.45) is 0.299. The Bertz CT molecular complexity index is 461. The molecule has 1 aliphatic rings. The number of benzene rings is 1. The van der Waals surface area contributed by atoms with Gasteiger partial charge in [-0.15, -0.1) is 0 Å². The Morgan fingerprint density at radius 2 is 1.65 bits per heavy atom. The van der Waals surface area contributed by atoms with E-state index in [1.807, 2.05) is 36.4 Å². The molecule has 1 fully saturated rings. The highest BCUT2D eigenvalue weighted by molar-refractivity contribution is 7.73. The summed E-state index contributed by atoms with van der Waals surface area (Å²) >= 11 is 0. The number of carboxylic acid groups (broad SMARTS) is 1. The van der Waals surface area contributed by atoms with Gasteiger partial charge in [0, 0.05) is 6.54 Å². The van der Waals surface area contributed by atoms with Gasteiger partial charge in [-0.05, 0) is 6.42 Å². The highest BCUT2D eigenvalue weighted by Crippen LogP contribution is 2.01. The largest absolute Gasteiger partial charge is 0.480 e. The van der Waals surface area contributed by atoms with Crippen molar-refractivity contribution in [1.29, 1.82) is 0 Å². The van der Waals surface area contributed by atoms with Crippen molar-refractivity contribution < 1.29 is 18.3 Å². The Balaban J connectivity index is 0.000000202. The third-order valence-electron chi connectivity index (χ3n) is 2.17. The minimum Gasteiger partial charge on any atom is -0.480 e. The van der Waals surface area contributed by atoms with Crippen LogP contribution in [0.4, 0.5) is 0 Å². The minimum atomic E-state index is -2.37. The number of carboxylic acids is 1. The van der Waals surface area contributed by atoms with Gasteiger partial charge in [-0.25, -0.2) is 0 Å². The van der Waals surface area contributed by atoms with Crippen LogP contribution in [0.1, 0.15) is 6.42 Å². The lowest BCUT2D eigenvalue weighted by atomic mass is 10.2. The third kappa shape index (κ3) is 4.38. The summed E-state index contributed by atoms with van der Waals surface area (Å²) in [5.74, 6) is -1.14. The fraction of sp³-hybridized carbons (Fsp3) is 0.273. The van der Waals surface area contributed by atoms with Crippen LogP contribution >= 0.6 is 0 Å². The van der Waals surface area contributed by atoms with E-state index in [2.05, 4.69) is 5.32 Å². The monoisotopic (exact) mass is 255 g/mol. The maximum absolute atomic E-state index is 10.4. The molecule has 0 unspecified atom stereocenters. The molecule has 0 bridgehead atoms. The van der Waals surface area contributed by atoms with E-state index in [9.17, 15) is 13.2 Å². The zero-order valence-corrected chi connectivity index (χ0v) is 9.85.